The molecule has 0 radical (unpaired) electrons. The number of hydrogen-bond donors (Lipinski definition) is 0. The monoisotopic (exact) mass is 357 g/mol. The molecule has 0 aliphatic heterocycles. The van der Waals surface area contributed by atoms with Crippen molar-refractivity contribution >= 4 is 11.6 Å². The summed E-state index contributed by atoms with van der Waals surface area (Å²) in [6.45, 7) is 4.14. The molecule has 2 atom stereocenters. The van der Waals surface area contributed by atoms with Crippen molar-refractivity contribution in [3.63, 3.8) is 0 Å². The summed E-state index contributed by atoms with van der Waals surface area (Å²) in [5, 5.41) is 18.7. The van der Waals surface area contributed by atoms with Crippen LogP contribution in [0.1, 0.15) is 55.4 Å². The van der Waals surface area contributed by atoms with Crippen molar-refractivity contribution in [3.05, 3.63) is 53.1 Å². The third-order valence-corrected chi connectivity index (χ3v) is 6.46. The van der Waals surface area contributed by atoms with Crippen LogP contribution in [-0.4, -0.2) is 22.9 Å². The van der Waals surface area contributed by atoms with Gasteiger partial charge in [-0.25, -0.2) is 9.97 Å². The molecular formula is C21H19N5O. The maximum Gasteiger partial charge on any atom is 0.239 e. The number of carbonyl (C=O) groups excluding carboxylic acids is 1. The van der Waals surface area contributed by atoms with Gasteiger partial charge in [0.05, 0.1) is 16.8 Å². The lowest BCUT2D eigenvalue weighted by Crippen LogP contribution is -2.50. The zero-order valence-electron chi connectivity index (χ0n) is 15.5. The maximum atomic E-state index is 13.8. The van der Waals surface area contributed by atoms with Gasteiger partial charge in [0.2, 0.25) is 5.91 Å². The Labute approximate surface area is 158 Å². The van der Waals surface area contributed by atoms with E-state index in [1.807, 2.05) is 42.5 Å². The SMILES string of the molecule is CN(C(=O)C12CCC(c3nc(C#N)c(C#N)nc31)C2(C)C)c1ccccc1. The first-order valence-electron chi connectivity index (χ1n) is 8.94. The molecule has 1 saturated carbocycles. The molecule has 2 unspecified atom stereocenters. The molecule has 1 fully saturated rings. The number of nitriles is 2. The second-order valence-corrected chi connectivity index (χ2v) is 7.80. The fourth-order valence-electron chi connectivity index (χ4n) is 4.94. The summed E-state index contributed by atoms with van der Waals surface area (Å²) in [4.78, 5) is 24.4. The summed E-state index contributed by atoms with van der Waals surface area (Å²) in [5.41, 5.74) is 0.892. The van der Waals surface area contributed by atoms with E-state index in [2.05, 4.69) is 23.8 Å². The van der Waals surface area contributed by atoms with Crippen molar-refractivity contribution < 1.29 is 4.79 Å². The van der Waals surface area contributed by atoms with Crippen LogP contribution in [0.4, 0.5) is 5.69 Å². The van der Waals surface area contributed by atoms with Gasteiger partial charge in [-0.2, -0.15) is 10.5 Å². The molecule has 1 heterocycles. The van der Waals surface area contributed by atoms with Gasteiger partial charge in [-0.15, -0.1) is 0 Å². The Bertz CT molecular complexity index is 1030. The summed E-state index contributed by atoms with van der Waals surface area (Å²) >= 11 is 0. The van der Waals surface area contributed by atoms with E-state index in [9.17, 15) is 15.3 Å². The van der Waals surface area contributed by atoms with Crippen LogP contribution >= 0.6 is 0 Å². The second-order valence-electron chi connectivity index (χ2n) is 7.80. The van der Waals surface area contributed by atoms with E-state index in [4.69, 9.17) is 0 Å². The first kappa shape index (κ1) is 17.2. The zero-order chi connectivity index (χ0) is 19.4. The minimum atomic E-state index is -0.843. The van der Waals surface area contributed by atoms with Gasteiger partial charge >= 0.3 is 0 Å². The third kappa shape index (κ3) is 2.01. The fourth-order valence-corrected chi connectivity index (χ4v) is 4.94. The average Bonchev–Trinajstić information content (AvgIpc) is 3.07. The number of anilines is 1. The van der Waals surface area contributed by atoms with E-state index in [1.54, 1.807) is 11.9 Å². The molecule has 27 heavy (non-hydrogen) atoms. The van der Waals surface area contributed by atoms with E-state index < -0.39 is 10.8 Å². The molecule has 0 spiro atoms. The molecule has 1 aromatic heterocycles. The quantitative estimate of drug-likeness (QED) is 0.823. The van der Waals surface area contributed by atoms with Gasteiger partial charge in [-0.1, -0.05) is 32.0 Å². The van der Waals surface area contributed by atoms with Crippen molar-refractivity contribution in [1.29, 1.82) is 10.5 Å². The number of rotatable bonds is 2. The number of aromatic nitrogens is 2. The van der Waals surface area contributed by atoms with Crippen LogP contribution in [0.15, 0.2) is 30.3 Å². The van der Waals surface area contributed by atoms with Crippen molar-refractivity contribution in [2.24, 2.45) is 5.41 Å². The molecule has 1 amide bonds. The number of para-hydroxylation sites is 1. The van der Waals surface area contributed by atoms with Crippen LogP contribution in [0.2, 0.25) is 0 Å². The van der Waals surface area contributed by atoms with Crippen LogP contribution in [-0.2, 0) is 10.2 Å². The van der Waals surface area contributed by atoms with Crippen LogP contribution in [0, 0.1) is 28.1 Å². The highest BCUT2D eigenvalue weighted by molar-refractivity contribution is 6.02. The molecule has 2 aromatic rings. The van der Waals surface area contributed by atoms with Crippen LogP contribution in [0.3, 0.4) is 0 Å². The fraction of sp³-hybridized carbons (Fsp3) is 0.381. The summed E-state index contributed by atoms with van der Waals surface area (Å²) < 4.78 is 0. The van der Waals surface area contributed by atoms with Gasteiger partial charge in [0.1, 0.15) is 12.1 Å². The Morgan fingerprint density at radius 2 is 1.78 bits per heavy atom. The Morgan fingerprint density at radius 3 is 2.41 bits per heavy atom. The third-order valence-electron chi connectivity index (χ3n) is 6.46. The van der Waals surface area contributed by atoms with E-state index in [1.165, 1.54) is 0 Å². The Balaban J connectivity index is 1.92. The first-order valence-corrected chi connectivity index (χ1v) is 8.94. The van der Waals surface area contributed by atoms with Gasteiger partial charge in [-0.05, 0) is 30.4 Å². The molecule has 0 N–H and O–H groups in total. The Morgan fingerprint density at radius 1 is 1.15 bits per heavy atom. The molecule has 0 saturated heterocycles. The standard InChI is InChI=1S/C21H19N5O/c1-20(2)14-9-10-21(20,19(27)26(3)13-7-5-4-6-8-13)18-17(14)24-15(11-22)16(12-23)25-18/h4-8,14H,9-10H2,1-3H3. The number of nitrogens with zero attached hydrogens (tertiary/aromatic N) is 5. The number of hydrogen-bond acceptors (Lipinski definition) is 5. The van der Waals surface area contributed by atoms with Gasteiger partial charge in [0.25, 0.3) is 0 Å². The van der Waals surface area contributed by atoms with E-state index in [0.717, 1.165) is 12.1 Å². The number of fused-ring (bicyclic) bond motifs is 5. The van der Waals surface area contributed by atoms with Gasteiger partial charge < -0.3 is 4.90 Å². The van der Waals surface area contributed by atoms with Crippen molar-refractivity contribution in [2.75, 3.05) is 11.9 Å². The van der Waals surface area contributed by atoms with Gasteiger partial charge in [0.15, 0.2) is 11.4 Å². The predicted octanol–water partition coefficient (Wildman–Crippen LogP) is 3.04. The minimum Gasteiger partial charge on any atom is -0.315 e. The second kappa shape index (κ2) is 5.62. The van der Waals surface area contributed by atoms with Gasteiger partial charge in [0, 0.05) is 18.7 Å². The molecule has 2 aliphatic carbocycles. The van der Waals surface area contributed by atoms with Gasteiger partial charge in [-0.3, -0.25) is 4.79 Å². The minimum absolute atomic E-state index is 0.00543. The number of likely N-dealkylation sites (N-methyl/N-ethyl adjacent to an activating group) is 1. The lowest BCUT2D eigenvalue weighted by molar-refractivity contribution is -0.126. The lowest BCUT2D eigenvalue weighted by Gasteiger charge is -2.39. The molecule has 6 nitrogen and oxygen atoms in total. The molecule has 6 heteroatoms. The highest BCUT2D eigenvalue weighted by Gasteiger charge is 2.68. The number of benzene rings is 1. The molecule has 2 bridgehead atoms. The topological polar surface area (TPSA) is 93.7 Å². The van der Waals surface area contributed by atoms with Crippen LogP contribution in [0.5, 0.6) is 0 Å². The largest absolute Gasteiger partial charge is 0.315 e. The molecule has 2 aliphatic rings. The summed E-state index contributed by atoms with van der Waals surface area (Å²) in [5.74, 6) is 0.0100. The average molecular weight is 357 g/mol. The molecule has 1 aromatic carbocycles. The highest BCUT2D eigenvalue weighted by Crippen LogP contribution is 2.67. The lowest BCUT2D eigenvalue weighted by atomic mass is 9.67. The maximum absolute atomic E-state index is 13.8. The number of carbonyl (C=O) groups is 1. The predicted molar refractivity (Wildman–Crippen MR) is 98.7 cm³/mol. The van der Waals surface area contributed by atoms with Crippen molar-refractivity contribution in [2.45, 2.75) is 38.0 Å². The molecule has 4 rings (SSSR count). The van der Waals surface area contributed by atoms with E-state index in [0.29, 0.717) is 17.8 Å². The summed E-state index contributed by atoms with van der Waals surface area (Å²) in [6, 6.07) is 13.4. The van der Waals surface area contributed by atoms with Crippen molar-refractivity contribution in [3.8, 4) is 12.1 Å². The highest BCUT2D eigenvalue weighted by atomic mass is 16.2. The normalized spacial score (nSPS) is 24.0. The van der Waals surface area contributed by atoms with Crippen LogP contribution < -0.4 is 4.90 Å². The summed E-state index contributed by atoms with van der Waals surface area (Å²) in [6.07, 6.45) is 1.49. The van der Waals surface area contributed by atoms with E-state index in [-0.39, 0.29) is 23.2 Å². The molecule has 134 valence electrons. The zero-order valence-corrected chi connectivity index (χ0v) is 15.5. The smallest absolute Gasteiger partial charge is 0.239 e. The van der Waals surface area contributed by atoms with E-state index >= 15 is 0 Å². The Hall–Kier alpha value is -3.25. The number of amides is 1. The molecular weight excluding hydrogens is 338 g/mol. The Kier molecular flexibility index (Phi) is 3.58. The summed E-state index contributed by atoms with van der Waals surface area (Å²) in [7, 11) is 1.77. The van der Waals surface area contributed by atoms with Crippen molar-refractivity contribution in [1.82, 2.24) is 9.97 Å². The first-order chi connectivity index (χ1) is 12.9. The van der Waals surface area contributed by atoms with Crippen LogP contribution in [0.25, 0.3) is 0 Å².